The Morgan fingerprint density at radius 2 is 1.79 bits per heavy atom. The molecule has 2 aromatic rings. The molecule has 2 N–H and O–H groups in total. The van der Waals surface area contributed by atoms with Crippen molar-refractivity contribution in [3.63, 3.8) is 0 Å². The highest BCUT2D eigenvalue weighted by molar-refractivity contribution is 6.34. The van der Waals surface area contributed by atoms with Gasteiger partial charge in [-0.05, 0) is 43.7 Å². The van der Waals surface area contributed by atoms with Crippen LogP contribution in [0.5, 0.6) is 11.5 Å². The zero-order chi connectivity index (χ0) is 21.4. The van der Waals surface area contributed by atoms with Crippen LogP contribution in [0.15, 0.2) is 42.5 Å². The van der Waals surface area contributed by atoms with E-state index in [4.69, 9.17) is 37.4 Å². The van der Waals surface area contributed by atoms with Crippen LogP contribution in [0.3, 0.4) is 0 Å². The van der Waals surface area contributed by atoms with E-state index in [1.165, 1.54) is 0 Å². The fraction of sp³-hybridized carbons (Fsp3) is 0.381. The standard InChI is InChI=1S/C21H24Cl2O6/c1-13(2)29-20(21(25)26)9-14-4-3-5-17(8-14)27-11-16(24)12-28-19-10-15(22)6-7-18(19)23/h3-8,10,13,16,20,24H,9,11-12H2,1-2H3,(H,25,26). The summed E-state index contributed by atoms with van der Waals surface area (Å²) in [4.78, 5) is 11.4. The Bertz CT molecular complexity index is 812. The number of ether oxygens (including phenoxy) is 3. The van der Waals surface area contributed by atoms with Gasteiger partial charge in [0.25, 0.3) is 0 Å². The molecule has 0 saturated carbocycles. The average molecular weight is 443 g/mol. The van der Waals surface area contributed by atoms with Crippen molar-refractivity contribution in [3.8, 4) is 11.5 Å². The molecule has 0 aliphatic rings. The minimum Gasteiger partial charge on any atom is -0.491 e. The number of halogens is 2. The summed E-state index contributed by atoms with van der Waals surface area (Å²) in [6, 6.07) is 11.8. The van der Waals surface area contributed by atoms with E-state index in [1.807, 2.05) is 0 Å². The van der Waals surface area contributed by atoms with Crippen molar-refractivity contribution < 1.29 is 29.2 Å². The largest absolute Gasteiger partial charge is 0.491 e. The first-order valence-electron chi connectivity index (χ1n) is 9.10. The number of benzene rings is 2. The number of aliphatic carboxylic acids is 1. The number of aliphatic hydroxyl groups excluding tert-OH is 1. The molecular formula is C21H24Cl2O6. The number of rotatable bonds is 11. The van der Waals surface area contributed by atoms with Gasteiger partial charge in [-0.15, -0.1) is 0 Å². The van der Waals surface area contributed by atoms with Gasteiger partial charge in [0.2, 0.25) is 0 Å². The molecule has 0 fully saturated rings. The molecule has 0 aliphatic heterocycles. The van der Waals surface area contributed by atoms with Crippen molar-refractivity contribution in [2.24, 2.45) is 0 Å². The van der Waals surface area contributed by atoms with Gasteiger partial charge in [-0.2, -0.15) is 0 Å². The van der Waals surface area contributed by atoms with Crippen LogP contribution < -0.4 is 9.47 Å². The Hall–Kier alpha value is -1.99. The van der Waals surface area contributed by atoms with Crippen LogP contribution in [0.4, 0.5) is 0 Å². The SMILES string of the molecule is CC(C)OC(Cc1cccc(OCC(O)COc2cc(Cl)ccc2Cl)c1)C(=O)O. The van der Waals surface area contributed by atoms with Gasteiger partial charge in [0.1, 0.15) is 30.8 Å². The van der Waals surface area contributed by atoms with Gasteiger partial charge in [-0.25, -0.2) is 4.79 Å². The molecule has 0 amide bonds. The second kappa shape index (κ2) is 11.3. The predicted molar refractivity (Wildman–Crippen MR) is 111 cm³/mol. The molecule has 0 aromatic heterocycles. The highest BCUT2D eigenvalue weighted by Gasteiger charge is 2.20. The molecule has 2 unspecified atom stereocenters. The lowest BCUT2D eigenvalue weighted by Crippen LogP contribution is -2.29. The van der Waals surface area contributed by atoms with Gasteiger partial charge in [0, 0.05) is 17.5 Å². The van der Waals surface area contributed by atoms with Crippen molar-refractivity contribution >= 4 is 29.2 Å². The predicted octanol–water partition coefficient (Wildman–Crippen LogP) is 4.23. The normalized spacial score (nSPS) is 13.2. The molecule has 29 heavy (non-hydrogen) atoms. The zero-order valence-electron chi connectivity index (χ0n) is 16.2. The van der Waals surface area contributed by atoms with Crippen LogP contribution in [0.2, 0.25) is 10.0 Å². The molecule has 0 radical (unpaired) electrons. The topological polar surface area (TPSA) is 85.2 Å². The van der Waals surface area contributed by atoms with Crippen LogP contribution in [-0.2, 0) is 16.0 Å². The summed E-state index contributed by atoms with van der Waals surface area (Å²) in [6.07, 6.45) is -1.82. The summed E-state index contributed by atoms with van der Waals surface area (Å²) >= 11 is 11.9. The van der Waals surface area contributed by atoms with E-state index in [-0.39, 0.29) is 25.7 Å². The van der Waals surface area contributed by atoms with E-state index in [0.717, 1.165) is 5.56 Å². The van der Waals surface area contributed by atoms with Gasteiger partial charge in [-0.1, -0.05) is 35.3 Å². The first-order chi connectivity index (χ1) is 13.7. The third-order valence-electron chi connectivity index (χ3n) is 3.80. The number of hydrogen-bond donors (Lipinski definition) is 2. The maximum atomic E-state index is 11.4. The molecule has 2 atom stereocenters. The molecule has 6 nitrogen and oxygen atoms in total. The Kier molecular flexibility index (Phi) is 9.04. The monoisotopic (exact) mass is 442 g/mol. The highest BCUT2D eigenvalue weighted by Crippen LogP contribution is 2.27. The lowest BCUT2D eigenvalue weighted by molar-refractivity contribution is -0.153. The summed E-state index contributed by atoms with van der Waals surface area (Å²) in [6.45, 7) is 3.54. The molecule has 0 bridgehead atoms. The van der Waals surface area contributed by atoms with E-state index in [0.29, 0.717) is 21.5 Å². The average Bonchev–Trinajstić information content (AvgIpc) is 2.66. The van der Waals surface area contributed by atoms with Crippen molar-refractivity contribution in [3.05, 3.63) is 58.1 Å². The molecule has 0 spiro atoms. The minimum atomic E-state index is -1.02. The van der Waals surface area contributed by atoms with Crippen molar-refractivity contribution in [2.45, 2.75) is 38.6 Å². The number of hydrogen-bond acceptors (Lipinski definition) is 5. The Balaban J connectivity index is 1.87. The van der Waals surface area contributed by atoms with E-state index >= 15 is 0 Å². The van der Waals surface area contributed by atoms with Crippen molar-refractivity contribution in [1.82, 2.24) is 0 Å². The summed E-state index contributed by atoms with van der Waals surface area (Å²) < 4.78 is 16.5. The maximum Gasteiger partial charge on any atom is 0.333 e. The van der Waals surface area contributed by atoms with Crippen LogP contribution in [0.1, 0.15) is 19.4 Å². The molecule has 158 valence electrons. The fourth-order valence-electron chi connectivity index (χ4n) is 2.51. The smallest absolute Gasteiger partial charge is 0.333 e. The maximum absolute atomic E-state index is 11.4. The van der Waals surface area contributed by atoms with Gasteiger partial charge < -0.3 is 24.4 Å². The number of carboxylic acid groups (broad SMARTS) is 1. The number of carbonyl (C=O) groups is 1. The molecule has 2 aromatic carbocycles. The third-order valence-corrected chi connectivity index (χ3v) is 4.35. The first-order valence-corrected chi connectivity index (χ1v) is 9.86. The summed E-state index contributed by atoms with van der Waals surface area (Å²) in [7, 11) is 0. The second-order valence-electron chi connectivity index (χ2n) is 6.71. The molecular weight excluding hydrogens is 419 g/mol. The highest BCUT2D eigenvalue weighted by atomic mass is 35.5. The Morgan fingerprint density at radius 3 is 2.48 bits per heavy atom. The number of aliphatic hydroxyl groups is 1. The molecule has 0 saturated heterocycles. The van der Waals surface area contributed by atoms with E-state index in [9.17, 15) is 15.0 Å². The summed E-state index contributed by atoms with van der Waals surface area (Å²) in [5, 5.41) is 20.3. The Morgan fingerprint density at radius 1 is 1.07 bits per heavy atom. The molecule has 2 rings (SSSR count). The number of carboxylic acids is 1. The lowest BCUT2D eigenvalue weighted by atomic mass is 10.1. The van der Waals surface area contributed by atoms with E-state index < -0.39 is 18.2 Å². The summed E-state index contributed by atoms with van der Waals surface area (Å²) in [5.41, 5.74) is 0.756. The van der Waals surface area contributed by atoms with E-state index in [2.05, 4.69) is 0 Å². The van der Waals surface area contributed by atoms with Crippen LogP contribution in [0.25, 0.3) is 0 Å². The van der Waals surface area contributed by atoms with Gasteiger partial charge >= 0.3 is 5.97 Å². The van der Waals surface area contributed by atoms with Crippen molar-refractivity contribution in [2.75, 3.05) is 13.2 Å². The second-order valence-corrected chi connectivity index (χ2v) is 7.56. The summed E-state index contributed by atoms with van der Waals surface area (Å²) in [5.74, 6) is -0.127. The van der Waals surface area contributed by atoms with Gasteiger partial charge in [0.05, 0.1) is 11.1 Å². The lowest BCUT2D eigenvalue weighted by Gasteiger charge is -2.17. The van der Waals surface area contributed by atoms with Crippen LogP contribution in [0, 0.1) is 0 Å². The molecule has 8 heteroatoms. The first kappa shape index (κ1) is 23.3. The third kappa shape index (κ3) is 8.11. The quantitative estimate of drug-likeness (QED) is 0.541. The fourth-order valence-corrected chi connectivity index (χ4v) is 2.85. The van der Waals surface area contributed by atoms with Crippen LogP contribution in [-0.4, -0.2) is 47.7 Å². The Labute approximate surface area is 179 Å². The van der Waals surface area contributed by atoms with Crippen molar-refractivity contribution in [1.29, 1.82) is 0 Å². The molecule has 0 aliphatic carbocycles. The molecule has 0 heterocycles. The van der Waals surface area contributed by atoms with Gasteiger partial charge in [-0.3, -0.25) is 0 Å². The zero-order valence-corrected chi connectivity index (χ0v) is 17.7. The van der Waals surface area contributed by atoms with Crippen LogP contribution >= 0.6 is 23.2 Å². The van der Waals surface area contributed by atoms with Gasteiger partial charge in [0.15, 0.2) is 6.10 Å². The minimum absolute atomic E-state index is 0.00745. The van der Waals surface area contributed by atoms with E-state index in [1.54, 1.807) is 56.3 Å².